The van der Waals surface area contributed by atoms with Crippen molar-refractivity contribution in [2.45, 2.75) is 38.0 Å². The Morgan fingerprint density at radius 1 is 1.53 bits per heavy atom. The summed E-state index contributed by atoms with van der Waals surface area (Å²) >= 11 is 1.58. The molecular formula is C10H21NO3S. The Morgan fingerprint density at radius 3 is 2.67 bits per heavy atom. The molecule has 0 rings (SSSR count). The first-order valence-corrected chi connectivity index (χ1v) is 6.35. The van der Waals surface area contributed by atoms with E-state index in [0.29, 0.717) is 17.4 Å². The summed E-state index contributed by atoms with van der Waals surface area (Å²) in [6, 6.07) is -0.476. The van der Waals surface area contributed by atoms with E-state index in [2.05, 4.69) is 5.32 Å². The third-order valence-corrected chi connectivity index (χ3v) is 3.35. The SMILES string of the molecule is CCCNC(CSC(C)CCO)C(=O)O. The van der Waals surface area contributed by atoms with Crippen LogP contribution in [0.1, 0.15) is 26.7 Å². The van der Waals surface area contributed by atoms with Gasteiger partial charge in [-0.2, -0.15) is 11.8 Å². The molecule has 3 N–H and O–H groups in total. The first-order valence-electron chi connectivity index (χ1n) is 5.30. The number of carbonyl (C=O) groups is 1. The van der Waals surface area contributed by atoms with Gasteiger partial charge >= 0.3 is 5.97 Å². The molecule has 2 atom stereocenters. The second-order valence-electron chi connectivity index (χ2n) is 3.50. The normalized spacial score (nSPS) is 14.9. The third kappa shape index (κ3) is 7.64. The van der Waals surface area contributed by atoms with Gasteiger partial charge in [-0.15, -0.1) is 0 Å². The number of aliphatic carboxylic acids is 1. The summed E-state index contributed by atoms with van der Waals surface area (Å²) in [5, 5.41) is 20.9. The number of thioether (sulfide) groups is 1. The van der Waals surface area contributed by atoms with Gasteiger partial charge in [-0.05, 0) is 19.4 Å². The Kier molecular flexibility index (Phi) is 8.85. The van der Waals surface area contributed by atoms with Gasteiger partial charge in [0.2, 0.25) is 0 Å². The quantitative estimate of drug-likeness (QED) is 0.555. The van der Waals surface area contributed by atoms with Gasteiger partial charge < -0.3 is 15.5 Å². The molecule has 0 bridgehead atoms. The lowest BCUT2D eigenvalue weighted by atomic mass is 10.3. The van der Waals surface area contributed by atoms with Crippen LogP contribution in [-0.2, 0) is 4.79 Å². The number of rotatable bonds is 9. The van der Waals surface area contributed by atoms with Crippen LogP contribution in [0.3, 0.4) is 0 Å². The highest BCUT2D eigenvalue weighted by atomic mass is 32.2. The van der Waals surface area contributed by atoms with Gasteiger partial charge in [0.25, 0.3) is 0 Å². The van der Waals surface area contributed by atoms with Crippen molar-refractivity contribution in [2.75, 3.05) is 18.9 Å². The molecule has 15 heavy (non-hydrogen) atoms. The lowest BCUT2D eigenvalue weighted by molar-refractivity contribution is -0.138. The molecule has 0 aromatic rings. The molecule has 0 aromatic carbocycles. The smallest absolute Gasteiger partial charge is 0.321 e. The number of nitrogens with one attached hydrogen (secondary N) is 1. The molecule has 2 unspecified atom stereocenters. The number of hydrogen-bond donors (Lipinski definition) is 3. The van der Waals surface area contributed by atoms with Crippen LogP contribution in [0, 0.1) is 0 Å². The second-order valence-corrected chi connectivity index (χ2v) is 4.97. The zero-order valence-corrected chi connectivity index (χ0v) is 10.2. The molecule has 90 valence electrons. The predicted octanol–water partition coefficient (Wildman–Crippen LogP) is 0.943. The van der Waals surface area contributed by atoms with Crippen molar-refractivity contribution in [1.29, 1.82) is 0 Å². The summed E-state index contributed by atoms with van der Waals surface area (Å²) in [5.74, 6) is -0.247. The minimum absolute atomic E-state index is 0.161. The molecule has 0 saturated heterocycles. The first kappa shape index (κ1) is 14.7. The fourth-order valence-electron chi connectivity index (χ4n) is 1.06. The zero-order valence-electron chi connectivity index (χ0n) is 9.40. The van der Waals surface area contributed by atoms with E-state index in [1.807, 2.05) is 13.8 Å². The lowest BCUT2D eigenvalue weighted by Crippen LogP contribution is -2.39. The van der Waals surface area contributed by atoms with Gasteiger partial charge in [0, 0.05) is 17.6 Å². The molecule has 5 heteroatoms. The molecule has 0 aliphatic heterocycles. The van der Waals surface area contributed by atoms with Gasteiger partial charge in [0.15, 0.2) is 0 Å². The molecule has 0 amide bonds. The van der Waals surface area contributed by atoms with E-state index < -0.39 is 12.0 Å². The van der Waals surface area contributed by atoms with Crippen LogP contribution in [0.15, 0.2) is 0 Å². The average Bonchev–Trinajstić information content (AvgIpc) is 2.17. The average molecular weight is 235 g/mol. The molecule has 0 heterocycles. The van der Waals surface area contributed by atoms with Crippen LogP contribution in [-0.4, -0.2) is 46.4 Å². The molecular weight excluding hydrogens is 214 g/mol. The Morgan fingerprint density at radius 2 is 2.20 bits per heavy atom. The minimum Gasteiger partial charge on any atom is -0.480 e. The van der Waals surface area contributed by atoms with E-state index in [0.717, 1.165) is 13.0 Å². The van der Waals surface area contributed by atoms with E-state index >= 15 is 0 Å². The minimum atomic E-state index is -0.799. The Bertz CT molecular complexity index is 178. The summed E-state index contributed by atoms with van der Waals surface area (Å²) in [4.78, 5) is 10.9. The van der Waals surface area contributed by atoms with E-state index in [9.17, 15) is 4.79 Å². The van der Waals surface area contributed by atoms with Crippen molar-refractivity contribution in [2.24, 2.45) is 0 Å². The van der Waals surface area contributed by atoms with Gasteiger partial charge in [0.1, 0.15) is 6.04 Å². The summed E-state index contributed by atoms with van der Waals surface area (Å²) in [5.41, 5.74) is 0. The first-order chi connectivity index (χ1) is 7.11. The van der Waals surface area contributed by atoms with Crippen LogP contribution in [0.25, 0.3) is 0 Å². The summed E-state index contributed by atoms with van der Waals surface area (Å²) in [6.07, 6.45) is 1.64. The topological polar surface area (TPSA) is 69.6 Å². The van der Waals surface area contributed by atoms with Crippen molar-refractivity contribution in [3.63, 3.8) is 0 Å². The Labute approximate surface area is 95.4 Å². The molecule has 0 aliphatic rings. The molecule has 4 nitrogen and oxygen atoms in total. The molecule has 0 aromatic heterocycles. The van der Waals surface area contributed by atoms with Gasteiger partial charge in [-0.1, -0.05) is 13.8 Å². The van der Waals surface area contributed by atoms with Crippen LogP contribution in [0.2, 0.25) is 0 Å². The molecule has 0 saturated carbocycles. The number of hydrogen-bond acceptors (Lipinski definition) is 4. The second kappa shape index (κ2) is 9.00. The molecule has 0 spiro atoms. The van der Waals surface area contributed by atoms with Crippen molar-refractivity contribution in [1.82, 2.24) is 5.32 Å². The van der Waals surface area contributed by atoms with E-state index in [-0.39, 0.29) is 6.61 Å². The van der Waals surface area contributed by atoms with E-state index in [1.54, 1.807) is 11.8 Å². The largest absolute Gasteiger partial charge is 0.480 e. The zero-order chi connectivity index (χ0) is 11.7. The maximum Gasteiger partial charge on any atom is 0.321 e. The van der Waals surface area contributed by atoms with Crippen molar-refractivity contribution >= 4 is 17.7 Å². The Balaban J connectivity index is 3.79. The number of aliphatic hydroxyl groups is 1. The monoisotopic (exact) mass is 235 g/mol. The summed E-state index contributed by atoms with van der Waals surface area (Å²) in [7, 11) is 0. The predicted molar refractivity (Wildman–Crippen MR) is 63.3 cm³/mol. The molecule has 0 aliphatic carbocycles. The highest BCUT2D eigenvalue weighted by Gasteiger charge is 2.17. The van der Waals surface area contributed by atoms with Crippen LogP contribution >= 0.6 is 11.8 Å². The van der Waals surface area contributed by atoms with Crippen LogP contribution < -0.4 is 5.32 Å². The lowest BCUT2D eigenvalue weighted by Gasteiger charge is -2.16. The van der Waals surface area contributed by atoms with Gasteiger partial charge in [-0.25, -0.2) is 0 Å². The fraction of sp³-hybridized carbons (Fsp3) is 0.900. The Hall–Kier alpha value is -0.260. The maximum absolute atomic E-state index is 10.9. The van der Waals surface area contributed by atoms with Gasteiger partial charge in [0.05, 0.1) is 0 Å². The van der Waals surface area contributed by atoms with Crippen molar-refractivity contribution < 1.29 is 15.0 Å². The molecule has 0 fully saturated rings. The highest BCUT2D eigenvalue weighted by molar-refractivity contribution is 7.99. The van der Waals surface area contributed by atoms with Crippen LogP contribution in [0.4, 0.5) is 0 Å². The van der Waals surface area contributed by atoms with E-state index in [4.69, 9.17) is 10.2 Å². The fourth-order valence-corrected chi connectivity index (χ4v) is 2.12. The third-order valence-electron chi connectivity index (χ3n) is 2.02. The number of carboxylic acids is 1. The standard InChI is InChI=1S/C10H21NO3S/c1-3-5-11-9(10(13)14)7-15-8(2)4-6-12/h8-9,11-12H,3-7H2,1-2H3,(H,13,14). The van der Waals surface area contributed by atoms with Crippen LogP contribution in [0.5, 0.6) is 0 Å². The number of carboxylic acid groups (broad SMARTS) is 1. The summed E-state index contributed by atoms with van der Waals surface area (Å²) in [6.45, 7) is 4.90. The summed E-state index contributed by atoms with van der Waals surface area (Å²) < 4.78 is 0. The molecule has 0 radical (unpaired) electrons. The van der Waals surface area contributed by atoms with Crippen molar-refractivity contribution in [3.8, 4) is 0 Å². The highest BCUT2D eigenvalue weighted by Crippen LogP contribution is 2.14. The number of aliphatic hydroxyl groups excluding tert-OH is 1. The van der Waals surface area contributed by atoms with E-state index in [1.165, 1.54) is 0 Å². The van der Waals surface area contributed by atoms with Gasteiger partial charge in [-0.3, -0.25) is 4.79 Å². The maximum atomic E-state index is 10.9. The van der Waals surface area contributed by atoms with Crippen molar-refractivity contribution in [3.05, 3.63) is 0 Å².